The average Bonchev–Trinajstić information content (AvgIpc) is 3.07. The zero-order valence-corrected chi connectivity index (χ0v) is 17.1. The van der Waals surface area contributed by atoms with E-state index in [1.807, 2.05) is 25.1 Å². The number of hydrogen-bond donors (Lipinski definition) is 1. The second kappa shape index (κ2) is 9.10. The molecular formula is C20H18BrNO4S. The van der Waals surface area contributed by atoms with Gasteiger partial charge in [-0.1, -0.05) is 15.9 Å². The lowest BCUT2D eigenvalue weighted by Crippen LogP contribution is -2.15. The fourth-order valence-electron chi connectivity index (χ4n) is 2.46. The maximum absolute atomic E-state index is 12.3. The number of hydrogen-bond acceptors (Lipinski definition) is 5. The molecule has 0 radical (unpaired) electrons. The van der Waals surface area contributed by atoms with Crippen LogP contribution < -0.4 is 10.1 Å². The van der Waals surface area contributed by atoms with Crippen LogP contribution in [0.15, 0.2) is 57.4 Å². The first kappa shape index (κ1) is 19.5. The maximum Gasteiger partial charge on any atom is 0.234 e. The average molecular weight is 448 g/mol. The lowest BCUT2D eigenvalue weighted by molar-refractivity contribution is -0.113. The summed E-state index contributed by atoms with van der Waals surface area (Å²) in [6.07, 6.45) is 0. The van der Waals surface area contributed by atoms with Gasteiger partial charge in [-0.05, 0) is 55.5 Å². The van der Waals surface area contributed by atoms with E-state index in [4.69, 9.17) is 9.15 Å². The van der Waals surface area contributed by atoms with Crippen LogP contribution in [0, 0.1) is 0 Å². The normalized spacial score (nSPS) is 10.7. The van der Waals surface area contributed by atoms with Crippen LogP contribution in [0.3, 0.4) is 0 Å². The highest BCUT2D eigenvalue weighted by molar-refractivity contribution is 9.10. The highest BCUT2D eigenvalue weighted by atomic mass is 79.9. The van der Waals surface area contributed by atoms with Gasteiger partial charge in [0.05, 0.1) is 18.1 Å². The Labute approximate surface area is 169 Å². The third-order valence-corrected chi connectivity index (χ3v) is 5.09. The molecule has 0 atom stereocenters. The number of furan rings is 1. The molecule has 5 nitrogen and oxygen atoms in total. The molecule has 3 aromatic rings. The third-order valence-electron chi connectivity index (χ3n) is 3.67. The maximum atomic E-state index is 12.3. The van der Waals surface area contributed by atoms with Crippen molar-refractivity contribution < 1.29 is 18.7 Å². The Morgan fingerprint density at radius 1 is 1.11 bits per heavy atom. The van der Waals surface area contributed by atoms with Crippen molar-refractivity contribution in [2.45, 2.75) is 6.92 Å². The van der Waals surface area contributed by atoms with E-state index in [0.29, 0.717) is 23.6 Å². The SMILES string of the molecule is CCOc1ccc(NC(=O)CSCC(=O)c2cc3cc(Br)ccc3o2)cc1. The zero-order valence-electron chi connectivity index (χ0n) is 14.7. The standard InChI is InChI=1S/C20H18BrNO4S/c1-2-25-16-6-4-15(5-7-16)22-20(24)12-27-11-17(23)19-10-13-9-14(21)3-8-18(13)26-19/h3-10H,2,11-12H2,1H3,(H,22,24). The van der Waals surface area contributed by atoms with Crippen LogP contribution in [-0.2, 0) is 4.79 Å². The van der Waals surface area contributed by atoms with Crippen LogP contribution in [-0.4, -0.2) is 29.8 Å². The number of nitrogens with one attached hydrogen (secondary N) is 1. The van der Waals surface area contributed by atoms with Crippen LogP contribution >= 0.6 is 27.7 Å². The molecule has 1 N–H and O–H groups in total. The molecule has 0 aliphatic carbocycles. The lowest BCUT2D eigenvalue weighted by atomic mass is 10.2. The predicted octanol–water partition coefficient (Wildman–Crippen LogP) is 5.15. The van der Waals surface area contributed by atoms with Gasteiger partial charge in [-0.3, -0.25) is 9.59 Å². The van der Waals surface area contributed by atoms with Crippen molar-refractivity contribution in [2.75, 3.05) is 23.4 Å². The summed E-state index contributed by atoms with van der Waals surface area (Å²) in [7, 11) is 0. The summed E-state index contributed by atoms with van der Waals surface area (Å²) in [5, 5.41) is 3.66. The fourth-order valence-corrected chi connectivity index (χ4v) is 3.52. The number of Topliss-reactive ketones (excluding diaryl/α,β-unsaturated/α-hetero) is 1. The smallest absolute Gasteiger partial charge is 0.234 e. The first-order chi connectivity index (χ1) is 13.0. The van der Waals surface area contributed by atoms with Crippen molar-refractivity contribution in [1.29, 1.82) is 0 Å². The molecule has 1 aromatic heterocycles. The Bertz CT molecular complexity index is 952. The van der Waals surface area contributed by atoms with Crippen molar-refractivity contribution in [3.05, 3.63) is 58.8 Å². The van der Waals surface area contributed by atoms with Crippen molar-refractivity contribution in [1.82, 2.24) is 0 Å². The number of amides is 1. The molecule has 0 fully saturated rings. The summed E-state index contributed by atoms with van der Waals surface area (Å²) in [5.41, 5.74) is 1.36. The zero-order chi connectivity index (χ0) is 19.2. The van der Waals surface area contributed by atoms with Crippen LogP contribution in [0.1, 0.15) is 17.5 Å². The second-order valence-electron chi connectivity index (χ2n) is 5.71. The Morgan fingerprint density at radius 3 is 2.63 bits per heavy atom. The second-order valence-corrected chi connectivity index (χ2v) is 7.62. The molecule has 2 aromatic carbocycles. The number of anilines is 1. The highest BCUT2D eigenvalue weighted by Crippen LogP contribution is 2.24. The summed E-state index contributed by atoms with van der Waals surface area (Å²) in [5.74, 6) is 1.13. The van der Waals surface area contributed by atoms with Crippen molar-refractivity contribution in [3.63, 3.8) is 0 Å². The highest BCUT2D eigenvalue weighted by Gasteiger charge is 2.13. The lowest BCUT2D eigenvalue weighted by Gasteiger charge is -2.06. The van der Waals surface area contributed by atoms with Gasteiger partial charge >= 0.3 is 0 Å². The van der Waals surface area contributed by atoms with E-state index in [9.17, 15) is 9.59 Å². The minimum Gasteiger partial charge on any atom is -0.494 e. The topological polar surface area (TPSA) is 68.5 Å². The minimum absolute atomic E-state index is 0.138. The summed E-state index contributed by atoms with van der Waals surface area (Å²) < 4.78 is 11.9. The molecule has 1 heterocycles. The van der Waals surface area contributed by atoms with Gasteiger partial charge in [0.1, 0.15) is 11.3 Å². The molecule has 0 spiro atoms. The Balaban J connectivity index is 1.48. The quantitative estimate of drug-likeness (QED) is 0.483. The van der Waals surface area contributed by atoms with E-state index in [1.165, 1.54) is 11.8 Å². The van der Waals surface area contributed by atoms with E-state index >= 15 is 0 Å². The van der Waals surface area contributed by atoms with E-state index < -0.39 is 0 Å². The molecule has 3 rings (SSSR count). The number of ether oxygens (including phenoxy) is 1. The number of halogens is 1. The molecular weight excluding hydrogens is 430 g/mol. The molecule has 1 amide bonds. The molecule has 7 heteroatoms. The van der Waals surface area contributed by atoms with E-state index in [0.717, 1.165) is 15.6 Å². The summed E-state index contributed by atoms with van der Waals surface area (Å²) >= 11 is 4.65. The number of carbonyl (C=O) groups excluding carboxylic acids is 2. The van der Waals surface area contributed by atoms with Crippen LogP contribution in [0.2, 0.25) is 0 Å². The van der Waals surface area contributed by atoms with Gasteiger partial charge in [0.15, 0.2) is 5.76 Å². The Morgan fingerprint density at radius 2 is 1.89 bits per heavy atom. The molecule has 0 saturated heterocycles. The van der Waals surface area contributed by atoms with Gasteiger partial charge in [-0.15, -0.1) is 11.8 Å². The summed E-state index contributed by atoms with van der Waals surface area (Å²) in [6, 6.07) is 14.5. The number of thioether (sulfide) groups is 1. The largest absolute Gasteiger partial charge is 0.494 e. The molecule has 0 unspecified atom stereocenters. The number of rotatable bonds is 8. The number of fused-ring (bicyclic) bond motifs is 1. The van der Waals surface area contributed by atoms with Gasteiger partial charge in [0.25, 0.3) is 0 Å². The fraction of sp³-hybridized carbons (Fsp3) is 0.200. The summed E-state index contributed by atoms with van der Waals surface area (Å²) in [6.45, 7) is 2.51. The Hall–Kier alpha value is -2.25. The molecule has 0 aliphatic rings. The third kappa shape index (κ3) is 5.37. The van der Waals surface area contributed by atoms with Gasteiger partial charge in [0.2, 0.25) is 11.7 Å². The molecule has 27 heavy (non-hydrogen) atoms. The van der Waals surface area contributed by atoms with Crippen molar-refractivity contribution >= 4 is 56.0 Å². The van der Waals surface area contributed by atoms with Crippen molar-refractivity contribution in [3.8, 4) is 5.75 Å². The van der Waals surface area contributed by atoms with E-state index in [-0.39, 0.29) is 23.2 Å². The van der Waals surface area contributed by atoms with Gasteiger partial charge in [-0.2, -0.15) is 0 Å². The number of ketones is 1. The predicted molar refractivity (Wildman–Crippen MR) is 112 cm³/mol. The van der Waals surface area contributed by atoms with Crippen molar-refractivity contribution in [2.24, 2.45) is 0 Å². The molecule has 0 aliphatic heterocycles. The first-order valence-electron chi connectivity index (χ1n) is 8.38. The molecule has 0 saturated carbocycles. The van der Waals surface area contributed by atoms with E-state index in [2.05, 4.69) is 21.2 Å². The number of benzene rings is 2. The number of carbonyl (C=O) groups is 2. The van der Waals surface area contributed by atoms with Crippen LogP contribution in [0.25, 0.3) is 11.0 Å². The minimum atomic E-state index is -0.162. The van der Waals surface area contributed by atoms with Gasteiger partial charge in [-0.25, -0.2) is 0 Å². The summed E-state index contributed by atoms with van der Waals surface area (Å²) in [4.78, 5) is 24.3. The molecule has 140 valence electrons. The van der Waals surface area contributed by atoms with Crippen LogP contribution in [0.4, 0.5) is 5.69 Å². The molecule has 0 bridgehead atoms. The van der Waals surface area contributed by atoms with Gasteiger partial charge in [0, 0.05) is 15.5 Å². The van der Waals surface area contributed by atoms with Gasteiger partial charge < -0.3 is 14.5 Å². The van der Waals surface area contributed by atoms with E-state index in [1.54, 1.807) is 30.3 Å². The van der Waals surface area contributed by atoms with Crippen LogP contribution in [0.5, 0.6) is 5.75 Å². The Kier molecular flexibility index (Phi) is 6.58. The first-order valence-corrected chi connectivity index (χ1v) is 10.3. The monoisotopic (exact) mass is 447 g/mol.